The zero-order chi connectivity index (χ0) is 13.0. The first-order valence-corrected chi connectivity index (χ1v) is 6.86. The molecule has 1 fully saturated rings. The van der Waals surface area contributed by atoms with Crippen molar-refractivity contribution in [2.45, 2.75) is 19.4 Å². The maximum Gasteiger partial charge on any atom is 0.127 e. The minimum absolute atomic E-state index is 0.173. The van der Waals surface area contributed by atoms with Crippen LogP contribution in [0, 0.1) is 11.7 Å². The highest BCUT2D eigenvalue weighted by Crippen LogP contribution is 2.18. The van der Waals surface area contributed by atoms with E-state index in [0.717, 1.165) is 19.6 Å². The van der Waals surface area contributed by atoms with Crippen LogP contribution in [-0.2, 0) is 6.54 Å². The summed E-state index contributed by atoms with van der Waals surface area (Å²) < 4.78 is 13.6. The van der Waals surface area contributed by atoms with Gasteiger partial charge in [-0.25, -0.2) is 4.39 Å². The summed E-state index contributed by atoms with van der Waals surface area (Å²) >= 11 is 5.90. The molecule has 2 rings (SSSR count). The molecule has 100 valence electrons. The van der Waals surface area contributed by atoms with Crippen LogP contribution in [0.3, 0.4) is 0 Å². The summed E-state index contributed by atoms with van der Waals surface area (Å²) in [6.45, 7) is 3.81. The van der Waals surface area contributed by atoms with E-state index in [1.165, 1.54) is 18.9 Å². The molecule has 2 nitrogen and oxygen atoms in total. The average Bonchev–Trinajstić information content (AvgIpc) is 2.35. The van der Waals surface area contributed by atoms with E-state index in [1.54, 1.807) is 12.1 Å². The molecule has 1 heterocycles. The predicted molar refractivity (Wildman–Crippen MR) is 73.3 cm³/mol. The lowest BCUT2D eigenvalue weighted by molar-refractivity contribution is 0.235. The van der Waals surface area contributed by atoms with E-state index in [9.17, 15) is 4.39 Å². The van der Waals surface area contributed by atoms with Crippen molar-refractivity contribution in [1.29, 1.82) is 0 Å². The Labute approximate surface area is 113 Å². The van der Waals surface area contributed by atoms with Crippen molar-refractivity contribution in [2.75, 3.05) is 26.7 Å². The smallest absolute Gasteiger partial charge is 0.127 e. The van der Waals surface area contributed by atoms with Crippen LogP contribution in [-0.4, -0.2) is 31.6 Å². The molecule has 0 amide bonds. The van der Waals surface area contributed by atoms with Crippen molar-refractivity contribution in [1.82, 2.24) is 10.2 Å². The summed E-state index contributed by atoms with van der Waals surface area (Å²) in [6.07, 6.45) is 2.50. The number of hydrogen-bond donors (Lipinski definition) is 1. The first-order valence-electron chi connectivity index (χ1n) is 6.48. The zero-order valence-corrected chi connectivity index (χ0v) is 11.5. The molecular formula is C14H20ClFN2. The molecule has 18 heavy (non-hydrogen) atoms. The van der Waals surface area contributed by atoms with Gasteiger partial charge in [0.05, 0.1) is 0 Å². The summed E-state index contributed by atoms with van der Waals surface area (Å²) in [4.78, 5) is 2.17. The molecule has 1 aliphatic heterocycles. The topological polar surface area (TPSA) is 15.3 Å². The van der Waals surface area contributed by atoms with Gasteiger partial charge >= 0.3 is 0 Å². The second kappa shape index (κ2) is 6.50. The molecule has 1 aromatic carbocycles. The van der Waals surface area contributed by atoms with E-state index in [0.29, 0.717) is 23.0 Å². The number of hydrogen-bond acceptors (Lipinski definition) is 2. The second-order valence-electron chi connectivity index (χ2n) is 5.14. The highest BCUT2D eigenvalue weighted by molar-refractivity contribution is 6.30. The summed E-state index contributed by atoms with van der Waals surface area (Å²) in [5, 5.41) is 4.00. The van der Waals surface area contributed by atoms with Gasteiger partial charge in [-0.05, 0) is 57.1 Å². The van der Waals surface area contributed by atoms with Crippen LogP contribution in [0.15, 0.2) is 18.2 Å². The minimum atomic E-state index is -0.173. The van der Waals surface area contributed by atoms with Crippen molar-refractivity contribution < 1.29 is 4.39 Å². The zero-order valence-electron chi connectivity index (χ0n) is 10.8. The van der Waals surface area contributed by atoms with Crippen molar-refractivity contribution in [3.8, 4) is 0 Å². The number of nitrogens with zero attached hydrogens (tertiary/aromatic N) is 1. The predicted octanol–water partition coefficient (Wildman–Crippen LogP) is 2.91. The molecular weight excluding hydrogens is 251 g/mol. The molecule has 0 spiro atoms. The molecule has 1 unspecified atom stereocenters. The third-order valence-corrected chi connectivity index (χ3v) is 3.65. The lowest BCUT2D eigenvalue weighted by Crippen LogP contribution is -2.36. The Bertz CT molecular complexity index is 391. The van der Waals surface area contributed by atoms with Crippen molar-refractivity contribution in [2.24, 2.45) is 5.92 Å². The normalized spacial score (nSPS) is 20.3. The number of halogens is 2. The molecule has 0 bridgehead atoms. The van der Waals surface area contributed by atoms with Crippen molar-refractivity contribution >= 4 is 11.6 Å². The molecule has 0 radical (unpaired) electrons. The fraction of sp³-hybridized carbons (Fsp3) is 0.571. The number of piperidine rings is 1. The molecule has 0 aromatic heterocycles. The fourth-order valence-corrected chi connectivity index (χ4v) is 2.74. The average molecular weight is 271 g/mol. The lowest BCUT2D eigenvalue weighted by Gasteiger charge is -2.27. The van der Waals surface area contributed by atoms with Gasteiger partial charge in [0.25, 0.3) is 0 Å². The van der Waals surface area contributed by atoms with Crippen LogP contribution in [0.25, 0.3) is 0 Å². The van der Waals surface area contributed by atoms with Gasteiger partial charge in [0.2, 0.25) is 0 Å². The molecule has 4 heteroatoms. The first-order chi connectivity index (χ1) is 8.65. The van der Waals surface area contributed by atoms with Crippen LogP contribution >= 0.6 is 11.6 Å². The van der Waals surface area contributed by atoms with Gasteiger partial charge in [-0.3, -0.25) is 0 Å². The van der Waals surface area contributed by atoms with Gasteiger partial charge in [-0.1, -0.05) is 11.6 Å². The van der Waals surface area contributed by atoms with E-state index in [1.807, 2.05) is 7.05 Å². The molecule has 1 aliphatic rings. The monoisotopic (exact) mass is 270 g/mol. The van der Waals surface area contributed by atoms with E-state index in [2.05, 4.69) is 10.2 Å². The van der Waals surface area contributed by atoms with Crippen molar-refractivity contribution in [3.05, 3.63) is 34.6 Å². The van der Waals surface area contributed by atoms with Crippen LogP contribution in [0.1, 0.15) is 18.4 Å². The molecule has 1 atom stereocenters. The third-order valence-electron chi connectivity index (χ3n) is 3.42. The summed E-state index contributed by atoms with van der Waals surface area (Å²) in [6, 6.07) is 4.74. The highest BCUT2D eigenvalue weighted by Gasteiger charge is 2.15. The van der Waals surface area contributed by atoms with Gasteiger partial charge in [-0.15, -0.1) is 0 Å². The first kappa shape index (κ1) is 13.8. The standard InChI is InChI=1S/C14H20ClFN2/c1-18(9-11-3-2-6-17-8-11)10-12-7-13(15)4-5-14(12)16/h4-5,7,11,17H,2-3,6,8-10H2,1H3. The van der Waals surface area contributed by atoms with E-state index < -0.39 is 0 Å². The Morgan fingerprint density at radius 1 is 1.50 bits per heavy atom. The lowest BCUT2D eigenvalue weighted by atomic mass is 9.99. The van der Waals surface area contributed by atoms with Gasteiger partial charge in [0.15, 0.2) is 0 Å². The Morgan fingerprint density at radius 2 is 2.33 bits per heavy atom. The van der Waals surface area contributed by atoms with Gasteiger partial charge in [-0.2, -0.15) is 0 Å². The Balaban J connectivity index is 1.89. The summed E-state index contributed by atoms with van der Waals surface area (Å²) in [7, 11) is 2.04. The van der Waals surface area contributed by atoms with Crippen LogP contribution < -0.4 is 5.32 Å². The summed E-state index contributed by atoms with van der Waals surface area (Å²) in [5.74, 6) is 0.499. The number of benzene rings is 1. The fourth-order valence-electron chi connectivity index (χ4n) is 2.54. The van der Waals surface area contributed by atoms with Gasteiger partial charge < -0.3 is 10.2 Å². The second-order valence-corrected chi connectivity index (χ2v) is 5.58. The minimum Gasteiger partial charge on any atom is -0.316 e. The Morgan fingerprint density at radius 3 is 3.06 bits per heavy atom. The maximum absolute atomic E-state index is 13.6. The quantitative estimate of drug-likeness (QED) is 0.905. The highest BCUT2D eigenvalue weighted by atomic mass is 35.5. The van der Waals surface area contributed by atoms with Gasteiger partial charge in [0, 0.05) is 23.7 Å². The Hall–Kier alpha value is -0.640. The molecule has 1 N–H and O–H groups in total. The largest absolute Gasteiger partial charge is 0.316 e. The molecule has 0 aliphatic carbocycles. The van der Waals surface area contributed by atoms with Gasteiger partial charge in [0.1, 0.15) is 5.82 Å². The van der Waals surface area contributed by atoms with Crippen molar-refractivity contribution in [3.63, 3.8) is 0 Å². The molecule has 1 aromatic rings. The van der Waals surface area contributed by atoms with E-state index in [-0.39, 0.29) is 5.82 Å². The van der Waals surface area contributed by atoms with Crippen LogP contribution in [0.2, 0.25) is 5.02 Å². The Kier molecular flexibility index (Phi) is 4.98. The van der Waals surface area contributed by atoms with Crippen LogP contribution in [0.5, 0.6) is 0 Å². The van der Waals surface area contributed by atoms with E-state index >= 15 is 0 Å². The summed E-state index contributed by atoms with van der Waals surface area (Å²) in [5.41, 5.74) is 0.675. The molecule has 1 saturated heterocycles. The SMILES string of the molecule is CN(Cc1cc(Cl)ccc1F)CC1CCCNC1. The van der Waals surface area contributed by atoms with Crippen LogP contribution in [0.4, 0.5) is 4.39 Å². The van der Waals surface area contributed by atoms with E-state index in [4.69, 9.17) is 11.6 Å². The molecule has 0 saturated carbocycles. The number of rotatable bonds is 4. The number of nitrogens with one attached hydrogen (secondary N) is 1. The maximum atomic E-state index is 13.6. The third kappa shape index (κ3) is 3.94.